The zero-order valence-corrected chi connectivity index (χ0v) is 8.75. The molecule has 0 aromatic carbocycles. The number of amides is 1. The van der Waals surface area contributed by atoms with E-state index in [0.717, 1.165) is 6.54 Å². The molecule has 0 aromatic rings. The molecule has 14 heavy (non-hydrogen) atoms. The number of nitriles is 1. The lowest BCUT2D eigenvalue weighted by Crippen LogP contribution is -2.33. The summed E-state index contributed by atoms with van der Waals surface area (Å²) in [5.74, 6) is 0.0912. The van der Waals surface area contributed by atoms with Crippen molar-refractivity contribution >= 4 is 5.91 Å². The maximum Gasteiger partial charge on any atom is 0.237 e. The van der Waals surface area contributed by atoms with E-state index in [4.69, 9.17) is 5.26 Å². The van der Waals surface area contributed by atoms with Crippen LogP contribution in [0.15, 0.2) is 0 Å². The molecule has 1 unspecified atom stereocenters. The van der Waals surface area contributed by atoms with Crippen molar-refractivity contribution in [2.75, 3.05) is 6.54 Å². The molecule has 1 N–H and O–H groups in total. The molecule has 0 saturated heterocycles. The molecule has 0 aliphatic heterocycles. The third-order valence-corrected chi connectivity index (χ3v) is 2.92. The van der Waals surface area contributed by atoms with Gasteiger partial charge in [0.15, 0.2) is 0 Å². The molecule has 3 heteroatoms. The number of hydrogen-bond acceptors (Lipinski definition) is 2. The summed E-state index contributed by atoms with van der Waals surface area (Å²) in [6.07, 6.45) is 5.63. The summed E-state index contributed by atoms with van der Waals surface area (Å²) in [4.78, 5) is 11.4. The van der Waals surface area contributed by atoms with E-state index in [2.05, 4.69) is 5.32 Å². The molecule has 78 valence electrons. The maximum absolute atomic E-state index is 11.4. The fraction of sp³-hybridized carbons (Fsp3) is 0.818. The molecular formula is C11H18N2O. The van der Waals surface area contributed by atoms with Crippen LogP contribution in [-0.2, 0) is 4.79 Å². The molecule has 1 rings (SSSR count). The standard InChI is InChI=1S/C11H18N2O/c1-2-10(7-12)11(14)13-8-9-5-3-4-6-9/h9-10H,2-6,8H2,1H3,(H,13,14). The molecular weight excluding hydrogens is 176 g/mol. The second kappa shape index (κ2) is 5.64. The first-order valence-corrected chi connectivity index (χ1v) is 5.45. The Hall–Kier alpha value is -1.04. The minimum absolute atomic E-state index is 0.0955. The summed E-state index contributed by atoms with van der Waals surface area (Å²) in [6.45, 7) is 2.63. The Balaban J connectivity index is 2.23. The Kier molecular flexibility index (Phi) is 4.45. The molecule has 1 aliphatic carbocycles. The van der Waals surface area contributed by atoms with Gasteiger partial charge < -0.3 is 5.32 Å². The summed E-state index contributed by atoms with van der Waals surface area (Å²) in [5, 5.41) is 11.5. The Morgan fingerprint density at radius 3 is 2.71 bits per heavy atom. The lowest BCUT2D eigenvalue weighted by molar-refractivity contribution is -0.123. The second-order valence-corrected chi connectivity index (χ2v) is 3.99. The van der Waals surface area contributed by atoms with Gasteiger partial charge in [0, 0.05) is 6.54 Å². The highest BCUT2D eigenvalue weighted by Gasteiger charge is 2.19. The van der Waals surface area contributed by atoms with E-state index in [1.165, 1.54) is 25.7 Å². The fourth-order valence-electron chi connectivity index (χ4n) is 1.92. The van der Waals surface area contributed by atoms with Crippen molar-refractivity contribution < 1.29 is 4.79 Å². The van der Waals surface area contributed by atoms with Crippen LogP contribution in [0, 0.1) is 23.2 Å². The quantitative estimate of drug-likeness (QED) is 0.742. The van der Waals surface area contributed by atoms with Crippen molar-refractivity contribution in [1.82, 2.24) is 5.32 Å². The van der Waals surface area contributed by atoms with E-state index in [-0.39, 0.29) is 5.91 Å². The Labute approximate surface area is 85.5 Å². The third-order valence-electron chi connectivity index (χ3n) is 2.92. The summed E-state index contributed by atoms with van der Waals surface area (Å²) in [7, 11) is 0. The first-order chi connectivity index (χ1) is 6.77. The van der Waals surface area contributed by atoms with Crippen molar-refractivity contribution in [2.45, 2.75) is 39.0 Å². The summed E-state index contributed by atoms with van der Waals surface area (Å²) < 4.78 is 0. The number of carbonyl (C=O) groups is 1. The average Bonchev–Trinajstić information content (AvgIpc) is 2.69. The van der Waals surface area contributed by atoms with Gasteiger partial charge in [0.25, 0.3) is 0 Å². The highest BCUT2D eigenvalue weighted by atomic mass is 16.1. The van der Waals surface area contributed by atoms with E-state index in [1.807, 2.05) is 13.0 Å². The van der Waals surface area contributed by atoms with Crippen LogP contribution in [0.4, 0.5) is 0 Å². The van der Waals surface area contributed by atoms with Gasteiger partial charge in [-0.2, -0.15) is 5.26 Å². The van der Waals surface area contributed by atoms with Crippen LogP contribution in [0.5, 0.6) is 0 Å². The van der Waals surface area contributed by atoms with E-state index < -0.39 is 5.92 Å². The Morgan fingerprint density at radius 2 is 2.21 bits per heavy atom. The molecule has 0 bridgehead atoms. The number of hydrogen-bond donors (Lipinski definition) is 1. The van der Waals surface area contributed by atoms with Gasteiger partial charge >= 0.3 is 0 Å². The molecule has 1 amide bonds. The first-order valence-electron chi connectivity index (χ1n) is 5.45. The largest absolute Gasteiger partial charge is 0.355 e. The van der Waals surface area contributed by atoms with Gasteiger partial charge in [-0.1, -0.05) is 19.8 Å². The molecule has 0 radical (unpaired) electrons. The van der Waals surface area contributed by atoms with Crippen LogP contribution in [0.25, 0.3) is 0 Å². The second-order valence-electron chi connectivity index (χ2n) is 3.99. The van der Waals surface area contributed by atoms with Gasteiger partial charge in [-0.15, -0.1) is 0 Å². The van der Waals surface area contributed by atoms with Crippen LogP contribution < -0.4 is 5.32 Å². The van der Waals surface area contributed by atoms with Crippen LogP contribution >= 0.6 is 0 Å². The van der Waals surface area contributed by atoms with Crippen molar-refractivity contribution in [1.29, 1.82) is 5.26 Å². The summed E-state index contributed by atoms with van der Waals surface area (Å²) in [5.41, 5.74) is 0. The number of carbonyl (C=O) groups excluding carboxylic acids is 1. The van der Waals surface area contributed by atoms with E-state index in [9.17, 15) is 4.79 Å². The van der Waals surface area contributed by atoms with E-state index in [0.29, 0.717) is 12.3 Å². The van der Waals surface area contributed by atoms with Crippen molar-refractivity contribution in [3.8, 4) is 6.07 Å². The first kappa shape index (κ1) is 11.0. The normalized spacial score (nSPS) is 18.9. The molecule has 0 heterocycles. The lowest BCUT2D eigenvalue weighted by Gasteiger charge is -2.12. The van der Waals surface area contributed by atoms with Crippen LogP contribution in [0.3, 0.4) is 0 Å². The van der Waals surface area contributed by atoms with Gasteiger partial charge in [0.1, 0.15) is 5.92 Å². The Morgan fingerprint density at radius 1 is 1.57 bits per heavy atom. The molecule has 1 saturated carbocycles. The minimum atomic E-state index is -0.462. The lowest BCUT2D eigenvalue weighted by atomic mass is 10.1. The molecule has 1 atom stereocenters. The van der Waals surface area contributed by atoms with Gasteiger partial charge in [0.05, 0.1) is 6.07 Å². The summed E-state index contributed by atoms with van der Waals surface area (Å²) in [6, 6.07) is 2.01. The number of rotatable bonds is 4. The van der Waals surface area contributed by atoms with Crippen LogP contribution in [0.1, 0.15) is 39.0 Å². The molecule has 3 nitrogen and oxygen atoms in total. The van der Waals surface area contributed by atoms with Gasteiger partial charge in [-0.25, -0.2) is 0 Å². The smallest absolute Gasteiger partial charge is 0.237 e. The summed E-state index contributed by atoms with van der Waals surface area (Å²) >= 11 is 0. The van der Waals surface area contributed by atoms with Crippen molar-refractivity contribution in [3.05, 3.63) is 0 Å². The SMILES string of the molecule is CCC(C#N)C(=O)NCC1CCCC1. The van der Waals surface area contributed by atoms with Crippen molar-refractivity contribution in [3.63, 3.8) is 0 Å². The maximum atomic E-state index is 11.4. The monoisotopic (exact) mass is 194 g/mol. The number of nitrogens with zero attached hydrogens (tertiary/aromatic N) is 1. The van der Waals surface area contributed by atoms with E-state index in [1.54, 1.807) is 0 Å². The topological polar surface area (TPSA) is 52.9 Å². The molecule has 0 aromatic heterocycles. The fourth-order valence-corrected chi connectivity index (χ4v) is 1.92. The predicted molar refractivity (Wildman–Crippen MR) is 54.4 cm³/mol. The van der Waals surface area contributed by atoms with Crippen LogP contribution in [-0.4, -0.2) is 12.5 Å². The van der Waals surface area contributed by atoms with Crippen molar-refractivity contribution in [2.24, 2.45) is 11.8 Å². The third kappa shape index (κ3) is 3.02. The van der Waals surface area contributed by atoms with E-state index >= 15 is 0 Å². The van der Waals surface area contributed by atoms with Gasteiger partial charge in [0.2, 0.25) is 5.91 Å². The zero-order chi connectivity index (χ0) is 10.4. The highest BCUT2D eigenvalue weighted by Crippen LogP contribution is 2.23. The number of nitrogens with one attached hydrogen (secondary N) is 1. The average molecular weight is 194 g/mol. The highest BCUT2D eigenvalue weighted by molar-refractivity contribution is 5.80. The van der Waals surface area contributed by atoms with Gasteiger partial charge in [-0.3, -0.25) is 4.79 Å². The molecule has 0 spiro atoms. The zero-order valence-electron chi connectivity index (χ0n) is 8.75. The molecule has 1 aliphatic rings. The Bertz CT molecular complexity index is 226. The minimum Gasteiger partial charge on any atom is -0.355 e. The van der Waals surface area contributed by atoms with Crippen LogP contribution in [0.2, 0.25) is 0 Å². The van der Waals surface area contributed by atoms with Gasteiger partial charge in [-0.05, 0) is 25.2 Å². The predicted octanol–water partition coefficient (Wildman–Crippen LogP) is 1.84. The molecule has 1 fully saturated rings.